The maximum atomic E-state index is 5.22. The second-order valence-corrected chi connectivity index (χ2v) is 42.3. The second-order valence-electron chi connectivity index (χ2n) is 39.0. The largest absolute Gasteiger partial charge is 0.309 e. The summed E-state index contributed by atoms with van der Waals surface area (Å²) in [6.45, 7) is 9.45. The van der Waals surface area contributed by atoms with Crippen molar-refractivity contribution < 1.29 is 0 Å². The second kappa shape index (κ2) is 36.7. The van der Waals surface area contributed by atoms with Gasteiger partial charge in [-0.3, -0.25) is 0 Å². The molecular weight excluding hydrogens is 1860 g/mol. The zero-order chi connectivity index (χ0) is 98.7. The highest BCUT2D eigenvalue weighted by Gasteiger charge is 2.40. The average molecular weight is 1950 g/mol. The van der Waals surface area contributed by atoms with E-state index < -0.39 is 0 Å². The van der Waals surface area contributed by atoms with E-state index >= 15 is 0 Å². The molecule has 0 N–H and O–H groups in total. The third-order valence-corrected chi connectivity index (χ3v) is 32.8. The Morgan fingerprint density at radius 1 is 0.176 bits per heavy atom. The van der Waals surface area contributed by atoms with Gasteiger partial charge in [0.2, 0.25) is 0 Å². The van der Waals surface area contributed by atoms with E-state index in [1.54, 1.807) is 0 Å². The summed E-state index contributed by atoms with van der Waals surface area (Å²) in [5.41, 5.74) is 34.4. The van der Waals surface area contributed by atoms with Gasteiger partial charge in [-0.25, -0.2) is 39.9 Å². The Labute approximate surface area is 868 Å². The van der Waals surface area contributed by atoms with Gasteiger partial charge in [0.15, 0.2) is 40.8 Å². The van der Waals surface area contributed by atoms with Crippen molar-refractivity contribution in [1.82, 2.24) is 44.4 Å². The fourth-order valence-electron chi connectivity index (χ4n) is 22.7. The molecule has 0 radical (unpaired) electrons. The van der Waals surface area contributed by atoms with Crippen molar-refractivity contribution in [2.45, 2.75) is 38.5 Å². The number of nitrogens with zero attached hydrogens (tertiary/aromatic N) is 9. The monoisotopic (exact) mass is 1950 g/mol. The van der Waals surface area contributed by atoms with Crippen LogP contribution in [0.1, 0.15) is 49.9 Å². The summed E-state index contributed by atoms with van der Waals surface area (Å²) in [4.78, 5) is 41.0. The summed E-state index contributed by atoms with van der Waals surface area (Å²) in [6.07, 6.45) is 0. The number of rotatable bonds is 14. The molecule has 0 fully saturated rings. The first-order valence-electron chi connectivity index (χ1n) is 50.2. The summed E-state index contributed by atoms with van der Waals surface area (Å²) >= 11 is 5.49. The van der Waals surface area contributed by atoms with Crippen molar-refractivity contribution in [2.75, 3.05) is 0 Å². The van der Waals surface area contributed by atoms with E-state index in [0.717, 1.165) is 84.1 Å². The number of hydrogen-bond acceptors (Lipinski definition) is 11. The van der Waals surface area contributed by atoms with E-state index in [4.69, 9.17) is 39.9 Å². The Balaban J connectivity index is 0.000000110. The van der Waals surface area contributed by atoms with Gasteiger partial charge in [-0.15, -0.1) is 34.0 Å². The van der Waals surface area contributed by atoms with Crippen LogP contribution in [0.3, 0.4) is 0 Å². The third-order valence-electron chi connectivity index (χ3n) is 29.4. The van der Waals surface area contributed by atoms with Crippen LogP contribution in [0.2, 0.25) is 0 Å². The molecule has 7 heterocycles. The van der Waals surface area contributed by atoms with Crippen molar-refractivity contribution in [2.24, 2.45) is 0 Å². The Hall–Kier alpha value is -18.0. The maximum absolute atomic E-state index is 5.22. The number of para-hydroxylation sites is 1. The molecule has 20 aromatic carbocycles. The van der Waals surface area contributed by atoms with Crippen molar-refractivity contribution in [3.05, 3.63) is 501 Å². The van der Waals surface area contributed by atoms with Crippen LogP contribution < -0.4 is 0 Å². The van der Waals surface area contributed by atoms with Gasteiger partial charge in [-0.1, -0.05) is 416 Å². The predicted octanol–water partition coefficient (Wildman–Crippen LogP) is 36.7. The first kappa shape index (κ1) is 88.9. The highest BCUT2D eigenvalue weighted by molar-refractivity contribution is 7.26. The molecule has 0 unspecified atom stereocenters. The molecule has 148 heavy (non-hydrogen) atoms. The van der Waals surface area contributed by atoms with Crippen molar-refractivity contribution in [1.29, 1.82) is 0 Å². The van der Waals surface area contributed by atoms with Crippen LogP contribution in [-0.4, -0.2) is 44.4 Å². The van der Waals surface area contributed by atoms with Gasteiger partial charge in [0, 0.05) is 138 Å². The summed E-state index contributed by atoms with van der Waals surface area (Å²) in [7, 11) is 0. The molecule has 0 spiro atoms. The van der Waals surface area contributed by atoms with Crippen molar-refractivity contribution in [3.63, 3.8) is 0 Å². The van der Waals surface area contributed by atoms with Gasteiger partial charge >= 0.3 is 0 Å². The van der Waals surface area contributed by atoms with Crippen LogP contribution in [0, 0.1) is 0 Å². The van der Waals surface area contributed by atoms with Gasteiger partial charge in [-0.05, 0) is 180 Å². The zero-order valence-corrected chi connectivity index (χ0v) is 83.8. The molecule has 0 saturated carbocycles. The molecule has 0 atom stereocenters. The molecule has 0 saturated heterocycles. The highest BCUT2D eigenvalue weighted by Crippen LogP contribution is 2.58. The smallest absolute Gasteiger partial charge is 0.164 e. The number of aromatic nitrogens is 9. The van der Waals surface area contributed by atoms with Crippen LogP contribution in [0.25, 0.3) is 257 Å². The number of benzene rings is 20. The van der Waals surface area contributed by atoms with Crippen LogP contribution in [0.5, 0.6) is 0 Å². The lowest BCUT2D eigenvalue weighted by atomic mass is 9.78. The molecule has 2 aliphatic rings. The van der Waals surface area contributed by atoms with Gasteiger partial charge in [0.05, 0.1) is 22.4 Å². The molecule has 27 aromatic rings. The van der Waals surface area contributed by atoms with Crippen molar-refractivity contribution in [3.8, 4) is 175 Å². The van der Waals surface area contributed by atoms with E-state index in [-0.39, 0.29) is 10.8 Å². The number of hydrogen-bond donors (Lipinski definition) is 0. The van der Waals surface area contributed by atoms with E-state index in [2.05, 4.69) is 427 Å². The average Bonchev–Trinajstić information content (AvgIpc) is 1.58. The molecule has 9 nitrogen and oxygen atoms in total. The lowest BCUT2D eigenvalue weighted by molar-refractivity contribution is 0.662. The van der Waals surface area contributed by atoms with Crippen LogP contribution in [-0.2, 0) is 10.8 Å². The first-order valence-corrected chi connectivity index (χ1v) is 52.6. The van der Waals surface area contributed by atoms with Crippen LogP contribution in [0.15, 0.2) is 479 Å². The Morgan fingerprint density at radius 2 is 0.466 bits per heavy atom. The lowest BCUT2D eigenvalue weighted by Crippen LogP contribution is -2.16. The highest BCUT2D eigenvalue weighted by atomic mass is 32.1. The Bertz CT molecular complexity index is 9370. The summed E-state index contributed by atoms with van der Waals surface area (Å²) < 4.78 is 9.87. The molecule has 0 amide bonds. The quantitative estimate of drug-likeness (QED) is 0.106. The van der Waals surface area contributed by atoms with E-state index in [1.165, 1.54) is 160 Å². The minimum absolute atomic E-state index is 0.138. The minimum atomic E-state index is -0.148. The normalized spacial score (nSPS) is 12.6. The summed E-state index contributed by atoms with van der Waals surface area (Å²) in [5, 5.41) is 10.0. The van der Waals surface area contributed by atoms with E-state index in [1.807, 2.05) is 119 Å². The van der Waals surface area contributed by atoms with Crippen LogP contribution >= 0.6 is 34.0 Å². The molecule has 12 heteroatoms. The van der Waals surface area contributed by atoms with Gasteiger partial charge in [-0.2, -0.15) is 0 Å². The first-order chi connectivity index (χ1) is 72.9. The summed E-state index contributed by atoms with van der Waals surface area (Å²) in [6, 6.07) is 170. The Morgan fingerprint density at radius 3 is 0.851 bits per heavy atom. The number of thiophene rings is 3. The molecule has 0 aliphatic heterocycles. The predicted molar refractivity (Wildman–Crippen MR) is 620 cm³/mol. The molecule has 29 rings (SSSR count). The molecular formula is C136H91N9S3. The Kier molecular flexibility index (Phi) is 22.0. The molecule has 0 bridgehead atoms. The standard InChI is InChI=1S/C51H32N4S.C43H30N2S.C42H29N3S/c1-5-16-33(17-6-1)36-28-29-43-42(30-36)47-39(25-15-26-44(47)55(43)38-22-11-4-12-23-38)41-31-37(32-46-48(41)40-24-13-14-27-45(40)56-46)51-53-49(34-18-7-2-8-19-34)52-50(54-51)35-20-9-3-10-21-35;1-43(2)35-22-11-9-18-30(35)31-20-13-21-32(41(31)43)34-24-29(25-39-40(34)33-19-10-12-23-38(33)46-39)42-44-36(27-14-5-3-6-15-27)26-37(45-42)28-16-7-4-8-17-28;1-42(2)34-22-11-9-18-29(34)30-20-13-21-31(38(30)42)33-24-28(25-36-37(33)32-19-10-12-23-35(32)46-36)41-44-39(26-14-5-3-6-15-26)43-40(45-41)27-16-7-4-8-17-27/h1-32H;3-26H,1-2H3;3-25H,1-2H3. The minimum Gasteiger partial charge on any atom is -0.309 e. The molecule has 2 aliphatic carbocycles. The topological polar surface area (TPSA) is 108 Å². The van der Waals surface area contributed by atoms with Gasteiger partial charge in [0.25, 0.3) is 0 Å². The molecule has 7 aromatic heterocycles. The fraction of sp³-hybridized carbons (Fsp3) is 0.0441. The van der Waals surface area contributed by atoms with Crippen molar-refractivity contribution >= 4 is 116 Å². The maximum Gasteiger partial charge on any atom is 0.164 e. The lowest BCUT2D eigenvalue weighted by Gasteiger charge is -2.25. The molecule has 698 valence electrons. The van der Waals surface area contributed by atoms with Gasteiger partial charge < -0.3 is 4.57 Å². The van der Waals surface area contributed by atoms with Crippen LogP contribution in [0.4, 0.5) is 0 Å². The summed E-state index contributed by atoms with van der Waals surface area (Å²) in [5.74, 6) is 4.67. The zero-order valence-electron chi connectivity index (χ0n) is 81.4. The van der Waals surface area contributed by atoms with E-state index in [9.17, 15) is 0 Å². The fourth-order valence-corrected chi connectivity index (χ4v) is 26.2. The van der Waals surface area contributed by atoms with Gasteiger partial charge in [0.1, 0.15) is 0 Å². The van der Waals surface area contributed by atoms with E-state index in [0.29, 0.717) is 34.9 Å². The number of fused-ring (bicyclic) bond motifs is 18. The third kappa shape index (κ3) is 15.6. The SMILES string of the molecule is CC1(C)c2ccccc2-c2cccc(-c3cc(-c4nc(-c5ccccc5)cc(-c5ccccc5)n4)cc4sc5ccccc5c34)c21.CC1(C)c2ccccc2-c2cccc(-c3cc(-c4nc(-c5ccccc5)nc(-c5ccccc5)n4)cc4sc5ccccc5c34)c21.c1ccc(-c2ccc3c(c2)c2c(-c4cc(-c5nc(-c6ccccc6)nc(-c6ccccc6)n5)cc5sc6ccccc6c45)cccc2n3-c2ccccc2)cc1.